The molecule has 0 spiro atoms. The van der Waals surface area contributed by atoms with Gasteiger partial charge in [0.05, 0.1) is 5.56 Å². The minimum Gasteiger partial charge on any atom is -0.478 e. The van der Waals surface area contributed by atoms with Crippen molar-refractivity contribution in [2.45, 2.75) is 0 Å². The summed E-state index contributed by atoms with van der Waals surface area (Å²) in [7, 11) is 3.89. The topological polar surface area (TPSA) is 53.4 Å². The first-order valence-electron chi connectivity index (χ1n) is 6.40. The zero-order chi connectivity index (χ0) is 15.1. The van der Waals surface area contributed by atoms with Gasteiger partial charge >= 0.3 is 5.97 Å². The summed E-state index contributed by atoms with van der Waals surface area (Å²) in [6.45, 7) is 0. The molecular weight excluding hydrogens is 332 g/mol. The lowest BCUT2D eigenvalue weighted by Gasteiger charge is -2.16. The average Bonchev–Trinajstić information content (AvgIpc) is 2.46. The van der Waals surface area contributed by atoms with E-state index in [1.165, 1.54) is 0 Å². The quantitative estimate of drug-likeness (QED) is 0.716. The Labute approximate surface area is 130 Å². The highest BCUT2D eigenvalue weighted by Crippen LogP contribution is 2.36. The molecule has 0 aliphatic heterocycles. The van der Waals surface area contributed by atoms with Crippen molar-refractivity contribution in [2.24, 2.45) is 0 Å². The molecule has 1 aromatic heterocycles. The number of benzene rings is 2. The van der Waals surface area contributed by atoms with Crippen molar-refractivity contribution in [1.82, 2.24) is 4.98 Å². The lowest BCUT2D eigenvalue weighted by molar-refractivity contribution is 0.0697. The van der Waals surface area contributed by atoms with Crippen molar-refractivity contribution in [3.8, 4) is 0 Å². The number of fused-ring (bicyclic) bond motifs is 3. The van der Waals surface area contributed by atoms with Crippen LogP contribution in [0.4, 0.5) is 5.82 Å². The number of carboxylic acids is 1. The van der Waals surface area contributed by atoms with Gasteiger partial charge in [-0.15, -0.1) is 0 Å². The Morgan fingerprint density at radius 2 is 1.95 bits per heavy atom. The van der Waals surface area contributed by atoms with Crippen LogP contribution in [-0.4, -0.2) is 30.2 Å². The molecule has 21 heavy (non-hydrogen) atoms. The third-order valence-corrected chi connectivity index (χ3v) is 4.12. The van der Waals surface area contributed by atoms with Gasteiger partial charge in [-0.2, -0.15) is 0 Å². The van der Waals surface area contributed by atoms with Gasteiger partial charge in [-0.1, -0.05) is 22.0 Å². The molecule has 0 amide bonds. The third kappa shape index (κ3) is 2.23. The highest BCUT2D eigenvalue weighted by atomic mass is 79.9. The summed E-state index contributed by atoms with van der Waals surface area (Å²) in [5, 5.41) is 13.1. The van der Waals surface area contributed by atoms with E-state index in [9.17, 15) is 4.79 Å². The Bertz CT molecular complexity index is 875. The smallest absolute Gasteiger partial charge is 0.335 e. The molecule has 1 N–H and O–H groups in total. The predicted octanol–water partition coefficient (Wildman–Crippen LogP) is 3.91. The second kappa shape index (κ2) is 5.00. The highest BCUT2D eigenvalue weighted by molar-refractivity contribution is 9.10. The Balaban J connectivity index is 2.49. The van der Waals surface area contributed by atoms with Crippen molar-refractivity contribution >= 4 is 49.3 Å². The van der Waals surface area contributed by atoms with Crippen LogP contribution in [-0.2, 0) is 0 Å². The van der Waals surface area contributed by atoms with Crippen molar-refractivity contribution < 1.29 is 9.90 Å². The van der Waals surface area contributed by atoms with Crippen LogP contribution in [0.2, 0.25) is 0 Å². The standard InChI is InChI=1S/C16H13BrN2O2/c1-19(2)15-14-11-4-3-9(16(20)21)7-10(11)8-13(17)12(14)5-6-18-15/h3-8H,1-2H3,(H,20,21). The molecule has 0 aliphatic carbocycles. The van der Waals surface area contributed by atoms with Crippen LogP contribution in [0.15, 0.2) is 41.0 Å². The molecule has 0 bridgehead atoms. The van der Waals surface area contributed by atoms with Gasteiger partial charge in [0.25, 0.3) is 0 Å². The van der Waals surface area contributed by atoms with E-state index in [1.54, 1.807) is 18.3 Å². The maximum atomic E-state index is 11.1. The SMILES string of the molecule is CN(C)c1nccc2c(Br)cc3cc(C(=O)O)ccc3c12. The summed E-state index contributed by atoms with van der Waals surface area (Å²) in [6.07, 6.45) is 1.78. The van der Waals surface area contributed by atoms with Gasteiger partial charge in [-0.05, 0) is 35.0 Å². The third-order valence-electron chi connectivity index (χ3n) is 3.46. The van der Waals surface area contributed by atoms with Gasteiger partial charge in [-0.25, -0.2) is 9.78 Å². The molecule has 1 heterocycles. The fourth-order valence-corrected chi connectivity index (χ4v) is 3.09. The number of aromatic carboxylic acids is 1. The van der Waals surface area contributed by atoms with Gasteiger partial charge in [0, 0.05) is 35.5 Å². The van der Waals surface area contributed by atoms with E-state index in [-0.39, 0.29) is 5.56 Å². The van der Waals surface area contributed by atoms with Gasteiger partial charge in [0.15, 0.2) is 0 Å². The molecule has 0 saturated carbocycles. The van der Waals surface area contributed by atoms with E-state index in [1.807, 2.05) is 37.2 Å². The molecule has 0 fully saturated rings. The summed E-state index contributed by atoms with van der Waals surface area (Å²) >= 11 is 3.57. The zero-order valence-electron chi connectivity index (χ0n) is 11.6. The largest absolute Gasteiger partial charge is 0.478 e. The Morgan fingerprint density at radius 3 is 2.62 bits per heavy atom. The van der Waals surface area contributed by atoms with Gasteiger partial charge in [-0.3, -0.25) is 0 Å². The molecule has 0 radical (unpaired) electrons. The summed E-state index contributed by atoms with van der Waals surface area (Å²) in [4.78, 5) is 17.5. The van der Waals surface area contributed by atoms with Gasteiger partial charge in [0.1, 0.15) is 5.82 Å². The molecule has 3 rings (SSSR count). The second-order valence-corrected chi connectivity index (χ2v) is 5.91. The first-order valence-corrected chi connectivity index (χ1v) is 7.20. The minimum atomic E-state index is -0.924. The summed E-state index contributed by atoms with van der Waals surface area (Å²) in [6, 6.07) is 9.07. The van der Waals surface area contributed by atoms with Crippen LogP contribution in [0.3, 0.4) is 0 Å². The number of hydrogen-bond donors (Lipinski definition) is 1. The highest BCUT2D eigenvalue weighted by Gasteiger charge is 2.13. The summed E-state index contributed by atoms with van der Waals surface area (Å²) < 4.78 is 0.929. The van der Waals surface area contributed by atoms with Crippen molar-refractivity contribution in [1.29, 1.82) is 0 Å². The number of hydrogen-bond acceptors (Lipinski definition) is 3. The van der Waals surface area contributed by atoms with Crippen LogP contribution < -0.4 is 4.90 Å². The van der Waals surface area contributed by atoms with Crippen molar-refractivity contribution in [3.05, 3.63) is 46.6 Å². The number of pyridine rings is 1. The Hall–Kier alpha value is -2.14. The summed E-state index contributed by atoms with van der Waals surface area (Å²) in [5.74, 6) is -0.0611. The Morgan fingerprint density at radius 1 is 1.19 bits per heavy atom. The van der Waals surface area contributed by atoms with Gasteiger partial charge in [0.2, 0.25) is 0 Å². The molecule has 5 heteroatoms. The normalized spacial score (nSPS) is 11.0. The van der Waals surface area contributed by atoms with Gasteiger partial charge < -0.3 is 10.0 Å². The van der Waals surface area contributed by atoms with Crippen LogP contribution in [0, 0.1) is 0 Å². The molecule has 3 aromatic rings. The van der Waals surface area contributed by atoms with E-state index in [2.05, 4.69) is 20.9 Å². The number of nitrogens with zero attached hydrogens (tertiary/aromatic N) is 2. The second-order valence-electron chi connectivity index (χ2n) is 5.05. The summed E-state index contributed by atoms with van der Waals surface area (Å²) in [5.41, 5.74) is 0.282. The Kier molecular flexibility index (Phi) is 3.29. The van der Waals surface area contributed by atoms with E-state index >= 15 is 0 Å². The van der Waals surface area contributed by atoms with Crippen LogP contribution in [0.25, 0.3) is 21.5 Å². The lowest BCUT2D eigenvalue weighted by Crippen LogP contribution is -2.11. The number of rotatable bonds is 2. The predicted molar refractivity (Wildman–Crippen MR) is 88.2 cm³/mol. The van der Waals surface area contributed by atoms with Crippen molar-refractivity contribution in [2.75, 3.05) is 19.0 Å². The molecular formula is C16H13BrN2O2. The lowest BCUT2D eigenvalue weighted by atomic mass is 10.0. The number of carbonyl (C=O) groups is 1. The molecule has 2 aromatic carbocycles. The van der Waals surface area contributed by atoms with Crippen LogP contribution in [0.1, 0.15) is 10.4 Å². The molecule has 0 aliphatic rings. The van der Waals surface area contributed by atoms with E-state index in [4.69, 9.17) is 5.11 Å². The number of carboxylic acid groups (broad SMARTS) is 1. The minimum absolute atomic E-state index is 0.282. The zero-order valence-corrected chi connectivity index (χ0v) is 13.2. The monoisotopic (exact) mass is 344 g/mol. The maximum Gasteiger partial charge on any atom is 0.335 e. The van der Waals surface area contributed by atoms with E-state index in [0.717, 1.165) is 31.8 Å². The maximum absolute atomic E-state index is 11.1. The number of halogens is 1. The fourth-order valence-electron chi connectivity index (χ4n) is 2.51. The molecule has 0 saturated heterocycles. The van der Waals surface area contributed by atoms with E-state index in [0.29, 0.717) is 0 Å². The molecule has 4 nitrogen and oxygen atoms in total. The van der Waals surface area contributed by atoms with E-state index < -0.39 is 5.97 Å². The first kappa shape index (κ1) is 13.8. The van der Waals surface area contributed by atoms with Crippen molar-refractivity contribution in [3.63, 3.8) is 0 Å². The number of aromatic nitrogens is 1. The molecule has 0 unspecified atom stereocenters. The average molecular weight is 345 g/mol. The number of anilines is 1. The molecule has 0 atom stereocenters. The van der Waals surface area contributed by atoms with Crippen LogP contribution in [0.5, 0.6) is 0 Å². The first-order chi connectivity index (χ1) is 9.99. The fraction of sp³-hybridized carbons (Fsp3) is 0.125. The molecule has 106 valence electrons. The van der Waals surface area contributed by atoms with Crippen LogP contribution >= 0.6 is 15.9 Å².